The van der Waals surface area contributed by atoms with Crippen LogP contribution >= 0.6 is 0 Å². The van der Waals surface area contributed by atoms with Gasteiger partial charge in [0.1, 0.15) is 0 Å². The summed E-state index contributed by atoms with van der Waals surface area (Å²) in [6.07, 6.45) is 4.33. The molecule has 0 bridgehead atoms. The smallest absolute Gasteiger partial charge is 0.237 e. The fraction of sp³-hybridized carbons (Fsp3) is 0.632. The summed E-state index contributed by atoms with van der Waals surface area (Å²) in [4.78, 5) is 14.5. The fourth-order valence-electron chi connectivity index (χ4n) is 3.83. The number of ether oxygens (including phenoxy) is 1. The number of hydrogen-bond acceptors (Lipinski definition) is 5. The number of likely N-dealkylation sites (tertiary alicyclic amines) is 1. The zero-order valence-corrected chi connectivity index (χ0v) is 15.0. The Labute approximate surface area is 149 Å². The number of nitrogens with zero attached hydrogens (tertiary/aromatic N) is 1. The molecule has 0 aliphatic carbocycles. The van der Waals surface area contributed by atoms with Gasteiger partial charge < -0.3 is 20.5 Å². The number of carbonyl (C=O) groups excluding carboxylic acids is 1. The molecular formula is C19H29N3O3. The number of hydrogen-bond donors (Lipinski definition) is 3. The lowest BCUT2D eigenvalue weighted by atomic mass is 9.97. The summed E-state index contributed by atoms with van der Waals surface area (Å²) in [6.45, 7) is 4.55. The maximum absolute atomic E-state index is 12.1. The number of amides is 1. The van der Waals surface area contributed by atoms with E-state index in [1.165, 1.54) is 0 Å². The predicted molar refractivity (Wildman–Crippen MR) is 96.7 cm³/mol. The van der Waals surface area contributed by atoms with Gasteiger partial charge in [0.2, 0.25) is 5.91 Å². The Balaban J connectivity index is 1.47. The number of phenols is 1. The standard InChI is InChI=1S/C19H29N3O3/c1-25-18-7-6-14(10-17(18)23)12-22-9-3-4-15(13-22)11-21-19(24)16-5-2-8-20-16/h6-7,10,15-16,20,23H,2-5,8-9,11-13H2,1H3,(H,21,24). The van der Waals surface area contributed by atoms with Crippen LogP contribution in [0.3, 0.4) is 0 Å². The van der Waals surface area contributed by atoms with Gasteiger partial charge in [-0.15, -0.1) is 0 Å². The van der Waals surface area contributed by atoms with Crippen molar-refractivity contribution in [3.05, 3.63) is 23.8 Å². The van der Waals surface area contributed by atoms with Crippen LogP contribution in [0.1, 0.15) is 31.2 Å². The highest BCUT2D eigenvalue weighted by Crippen LogP contribution is 2.27. The second-order valence-electron chi connectivity index (χ2n) is 7.14. The van der Waals surface area contributed by atoms with Gasteiger partial charge in [-0.3, -0.25) is 9.69 Å². The minimum absolute atomic E-state index is 0.00182. The molecule has 2 aliphatic rings. The summed E-state index contributed by atoms with van der Waals surface area (Å²) in [5.74, 6) is 1.33. The van der Waals surface area contributed by atoms with Crippen LogP contribution in [0, 0.1) is 5.92 Å². The van der Waals surface area contributed by atoms with Crippen molar-refractivity contribution in [1.82, 2.24) is 15.5 Å². The van der Waals surface area contributed by atoms with Crippen molar-refractivity contribution in [3.8, 4) is 11.5 Å². The Morgan fingerprint density at radius 1 is 1.40 bits per heavy atom. The SMILES string of the molecule is COc1ccc(CN2CCCC(CNC(=O)C3CCCN3)C2)cc1O. The summed E-state index contributed by atoms with van der Waals surface area (Å²) in [5, 5.41) is 16.3. The van der Waals surface area contributed by atoms with E-state index in [-0.39, 0.29) is 17.7 Å². The van der Waals surface area contributed by atoms with Crippen LogP contribution in [0.2, 0.25) is 0 Å². The first-order chi connectivity index (χ1) is 12.2. The third kappa shape index (κ3) is 4.86. The maximum Gasteiger partial charge on any atom is 0.237 e. The van der Waals surface area contributed by atoms with Crippen molar-refractivity contribution in [2.24, 2.45) is 5.92 Å². The van der Waals surface area contributed by atoms with Gasteiger partial charge in [0, 0.05) is 19.6 Å². The molecule has 0 aromatic heterocycles. The molecule has 1 aromatic carbocycles. The summed E-state index contributed by atoms with van der Waals surface area (Å²) < 4.78 is 5.09. The predicted octanol–water partition coefficient (Wildman–Crippen LogP) is 1.48. The third-order valence-corrected chi connectivity index (χ3v) is 5.19. The lowest BCUT2D eigenvalue weighted by molar-refractivity contribution is -0.123. The number of carbonyl (C=O) groups is 1. The van der Waals surface area contributed by atoms with E-state index in [1.807, 2.05) is 6.07 Å². The highest BCUT2D eigenvalue weighted by atomic mass is 16.5. The van der Waals surface area contributed by atoms with Crippen LogP contribution < -0.4 is 15.4 Å². The van der Waals surface area contributed by atoms with Crippen molar-refractivity contribution in [1.29, 1.82) is 0 Å². The molecule has 3 N–H and O–H groups in total. The molecule has 1 aromatic rings. The Morgan fingerprint density at radius 2 is 2.28 bits per heavy atom. The van der Waals surface area contributed by atoms with E-state index in [2.05, 4.69) is 15.5 Å². The van der Waals surface area contributed by atoms with Crippen LogP contribution in [0.5, 0.6) is 11.5 Å². The second-order valence-corrected chi connectivity index (χ2v) is 7.14. The van der Waals surface area contributed by atoms with Crippen molar-refractivity contribution in [3.63, 3.8) is 0 Å². The van der Waals surface area contributed by atoms with Crippen molar-refractivity contribution >= 4 is 5.91 Å². The normalized spacial score (nSPS) is 24.2. The third-order valence-electron chi connectivity index (χ3n) is 5.19. The van der Waals surface area contributed by atoms with Gasteiger partial charge in [0.25, 0.3) is 0 Å². The van der Waals surface area contributed by atoms with Crippen LogP contribution in [-0.2, 0) is 11.3 Å². The minimum Gasteiger partial charge on any atom is -0.504 e. The molecule has 2 atom stereocenters. The van der Waals surface area contributed by atoms with E-state index in [9.17, 15) is 9.90 Å². The Bertz CT molecular complexity index is 587. The topological polar surface area (TPSA) is 73.8 Å². The summed E-state index contributed by atoms with van der Waals surface area (Å²) in [6, 6.07) is 5.58. The summed E-state index contributed by atoms with van der Waals surface area (Å²) >= 11 is 0. The number of phenolic OH excluding ortho intramolecular Hbond substituents is 1. The molecule has 0 spiro atoms. The molecular weight excluding hydrogens is 318 g/mol. The van der Waals surface area contributed by atoms with Crippen LogP contribution in [-0.4, -0.2) is 55.2 Å². The zero-order valence-electron chi connectivity index (χ0n) is 15.0. The molecule has 25 heavy (non-hydrogen) atoms. The Kier molecular flexibility index (Phi) is 6.15. The second kappa shape index (κ2) is 8.54. The van der Waals surface area contributed by atoms with Gasteiger partial charge in [-0.25, -0.2) is 0 Å². The Morgan fingerprint density at radius 3 is 3.00 bits per heavy atom. The highest BCUT2D eigenvalue weighted by molar-refractivity contribution is 5.81. The van der Waals surface area contributed by atoms with Crippen molar-refractivity contribution in [2.75, 3.05) is 33.3 Å². The average molecular weight is 347 g/mol. The molecule has 2 saturated heterocycles. The average Bonchev–Trinajstić information content (AvgIpc) is 3.15. The van der Waals surface area contributed by atoms with Gasteiger partial charge in [0.15, 0.2) is 11.5 Å². The van der Waals surface area contributed by atoms with E-state index in [0.717, 1.165) is 64.0 Å². The number of rotatable bonds is 6. The zero-order chi connectivity index (χ0) is 17.6. The first-order valence-electron chi connectivity index (χ1n) is 9.25. The van der Waals surface area contributed by atoms with E-state index in [0.29, 0.717) is 11.7 Å². The van der Waals surface area contributed by atoms with Gasteiger partial charge in [-0.2, -0.15) is 0 Å². The number of aromatic hydroxyl groups is 1. The van der Waals surface area contributed by atoms with Gasteiger partial charge in [0.05, 0.1) is 13.2 Å². The van der Waals surface area contributed by atoms with E-state index in [1.54, 1.807) is 19.2 Å². The van der Waals surface area contributed by atoms with Crippen LogP contribution in [0.25, 0.3) is 0 Å². The molecule has 2 heterocycles. The van der Waals surface area contributed by atoms with E-state index >= 15 is 0 Å². The van der Waals surface area contributed by atoms with Crippen LogP contribution in [0.15, 0.2) is 18.2 Å². The maximum atomic E-state index is 12.1. The fourth-order valence-corrected chi connectivity index (χ4v) is 3.83. The number of piperidine rings is 1. The van der Waals surface area contributed by atoms with Gasteiger partial charge in [-0.1, -0.05) is 6.07 Å². The number of nitrogens with one attached hydrogen (secondary N) is 2. The largest absolute Gasteiger partial charge is 0.504 e. The molecule has 0 radical (unpaired) electrons. The number of benzene rings is 1. The molecule has 6 nitrogen and oxygen atoms in total. The van der Waals surface area contributed by atoms with Crippen molar-refractivity contribution in [2.45, 2.75) is 38.3 Å². The molecule has 2 unspecified atom stereocenters. The molecule has 2 aliphatic heterocycles. The molecule has 0 saturated carbocycles. The number of methoxy groups -OCH3 is 1. The highest BCUT2D eigenvalue weighted by Gasteiger charge is 2.24. The minimum atomic E-state index is 0.00182. The first kappa shape index (κ1) is 18.0. The van der Waals surface area contributed by atoms with E-state index < -0.39 is 0 Å². The molecule has 138 valence electrons. The Hall–Kier alpha value is -1.79. The summed E-state index contributed by atoms with van der Waals surface area (Å²) in [7, 11) is 1.55. The quantitative estimate of drug-likeness (QED) is 0.727. The molecule has 3 rings (SSSR count). The molecule has 1 amide bonds. The molecule has 2 fully saturated rings. The van der Waals surface area contributed by atoms with Gasteiger partial charge >= 0.3 is 0 Å². The van der Waals surface area contributed by atoms with Crippen LogP contribution in [0.4, 0.5) is 0 Å². The van der Waals surface area contributed by atoms with Gasteiger partial charge in [-0.05, 0) is 62.4 Å². The van der Waals surface area contributed by atoms with Crippen molar-refractivity contribution < 1.29 is 14.6 Å². The molecule has 6 heteroatoms. The summed E-state index contributed by atoms with van der Waals surface area (Å²) in [5.41, 5.74) is 1.08. The first-order valence-corrected chi connectivity index (χ1v) is 9.25. The van der Waals surface area contributed by atoms with E-state index in [4.69, 9.17) is 4.74 Å². The monoisotopic (exact) mass is 347 g/mol. The lowest BCUT2D eigenvalue weighted by Gasteiger charge is -2.33. The lowest BCUT2D eigenvalue weighted by Crippen LogP contribution is -2.45.